The van der Waals surface area contributed by atoms with Crippen molar-refractivity contribution in [3.63, 3.8) is 0 Å². The predicted molar refractivity (Wildman–Crippen MR) is 59.1 cm³/mol. The van der Waals surface area contributed by atoms with Gasteiger partial charge >= 0.3 is 15.6 Å². The number of hydrogen-bond donors (Lipinski definition) is 0. The van der Waals surface area contributed by atoms with Gasteiger partial charge in [-0.15, -0.1) is 0 Å². The van der Waals surface area contributed by atoms with Gasteiger partial charge in [0.25, 0.3) is 0 Å². The molecule has 0 spiro atoms. The highest BCUT2D eigenvalue weighted by Crippen LogP contribution is 2.64. The lowest BCUT2D eigenvalue weighted by atomic mass is 9.78. The van der Waals surface area contributed by atoms with Crippen molar-refractivity contribution in [2.45, 2.75) is 44.2 Å². The minimum absolute atomic E-state index is 0.133. The first kappa shape index (κ1) is 13.9. The van der Waals surface area contributed by atoms with Gasteiger partial charge in [0.2, 0.25) is 0 Å². The molecule has 2 rings (SSSR count). The van der Waals surface area contributed by atoms with E-state index in [1.807, 2.05) is 0 Å². The van der Waals surface area contributed by atoms with Crippen LogP contribution in [0.5, 0.6) is 0 Å². The number of rotatable bonds is 2. The third-order valence-electron chi connectivity index (χ3n) is 4.51. The van der Waals surface area contributed by atoms with Crippen molar-refractivity contribution in [2.75, 3.05) is 0 Å². The summed E-state index contributed by atoms with van der Waals surface area (Å²) in [4.78, 5) is 0. The molecule has 104 valence electrons. The highest BCUT2D eigenvalue weighted by atomic mass is 32.2. The third kappa shape index (κ3) is 1.56. The minimum Gasteiger partial charge on any atom is -0.251 e. The van der Waals surface area contributed by atoms with Crippen LogP contribution in [0, 0.1) is 11.3 Å². The molecule has 18 heavy (non-hydrogen) atoms. The molecular weight excluding hydrogens is 269 g/mol. The van der Waals surface area contributed by atoms with Crippen LogP contribution in [0.25, 0.3) is 0 Å². The second kappa shape index (κ2) is 3.50. The zero-order chi connectivity index (χ0) is 14.0. The lowest BCUT2D eigenvalue weighted by molar-refractivity contribution is -0.0697. The van der Waals surface area contributed by atoms with Gasteiger partial charge in [-0.3, -0.25) is 4.18 Å². The Kier molecular flexibility index (Phi) is 2.70. The molecule has 0 unspecified atom stereocenters. The summed E-state index contributed by atoms with van der Waals surface area (Å²) < 4.78 is 64.4. The average molecular weight is 284 g/mol. The standard InChI is InChI=1S/C11H15F3O3S/c1-7-6-8-4-5-10(7,9(8,2)3)17-18(15,16)11(12,13)14/h8H,1,4-6H2,2-3H3/t8-,10-/m0/s1. The fourth-order valence-corrected chi connectivity index (χ4v) is 4.17. The lowest BCUT2D eigenvalue weighted by Crippen LogP contribution is -2.45. The zero-order valence-electron chi connectivity index (χ0n) is 10.2. The fourth-order valence-electron chi connectivity index (χ4n) is 3.28. The summed E-state index contributed by atoms with van der Waals surface area (Å²) >= 11 is 0. The first-order valence-electron chi connectivity index (χ1n) is 5.64. The SMILES string of the molecule is C=C1C[C@@H]2CC[C@@]1(OS(=O)(=O)C(F)(F)F)C2(C)C. The van der Waals surface area contributed by atoms with Gasteiger partial charge in [0.1, 0.15) is 5.60 Å². The summed E-state index contributed by atoms with van der Waals surface area (Å²) in [6.07, 6.45) is 1.47. The molecule has 0 aliphatic heterocycles. The van der Waals surface area contributed by atoms with Crippen molar-refractivity contribution < 1.29 is 25.8 Å². The Labute approximate surface area is 104 Å². The first-order chi connectivity index (χ1) is 7.94. The van der Waals surface area contributed by atoms with E-state index in [4.69, 9.17) is 0 Å². The van der Waals surface area contributed by atoms with Crippen LogP contribution in [0.1, 0.15) is 33.1 Å². The maximum absolute atomic E-state index is 12.4. The largest absolute Gasteiger partial charge is 0.523 e. The number of alkyl halides is 3. The molecule has 2 saturated carbocycles. The molecule has 0 heterocycles. The van der Waals surface area contributed by atoms with Gasteiger partial charge in [-0.25, -0.2) is 0 Å². The number of fused-ring (bicyclic) bond motifs is 2. The summed E-state index contributed by atoms with van der Waals surface area (Å²) in [7, 11) is -5.59. The molecular formula is C11H15F3O3S. The molecule has 0 saturated heterocycles. The van der Waals surface area contributed by atoms with E-state index >= 15 is 0 Å². The number of halogens is 3. The van der Waals surface area contributed by atoms with Crippen molar-refractivity contribution in [3.8, 4) is 0 Å². The van der Waals surface area contributed by atoms with Gasteiger partial charge in [-0.05, 0) is 30.8 Å². The van der Waals surface area contributed by atoms with Crippen LogP contribution in [0.4, 0.5) is 13.2 Å². The lowest BCUT2D eigenvalue weighted by Gasteiger charge is -2.37. The quantitative estimate of drug-likeness (QED) is 0.445. The van der Waals surface area contributed by atoms with Crippen LogP contribution in [0.2, 0.25) is 0 Å². The van der Waals surface area contributed by atoms with E-state index in [2.05, 4.69) is 10.8 Å². The van der Waals surface area contributed by atoms with Crippen LogP contribution < -0.4 is 0 Å². The Morgan fingerprint density at radius 3 is 2.28 bits per heavy atom. The van der Waals surface area contributed by atoms with E-state index in [1.54, 1.807) is 13.8 Å². The summed E-state index contributed by atoms with van der Waals surface area (Å²) in [5, 5.41) is 0. The Morgan fingerprint density at radius 2 is 1.94 bits per heavy atom. The Hall–Kier alpha value is -0.560. The molecule has 7 heteroatoms. The second-order valence-electron chi connectivity index (χ2n) is 5.58. The highest BCUT2D eigenvalue weighted by molar-refractivity contribution is 7.87. The fraction of sp³-hybridized carbons (Fsp3) is 0.818. The zero-order valence-corrected chi connectivity index (χ0v) is 11.0. The minimum atomic E-state index is -5.59. The van der Waals surface area contributed by atoms with Gasteiger partial charge in [-0.2, -0.15) is 21.6 Å². The second-order valence-corrected chi connectivity index (χ2v) is 7.11. The van der Waals surface area contributed by atoms with Crippen molar-refractivity contribution in [1.82, 2.24) is 0 Å². The summed E-state index contributed by atoms with van der Waals surface area (Å²) in [5.74, 6) is 0.133. The van der Waals surface area contributed by atoms with Gasteiger partial charge in [0.05, 0.1) is 0 Å². The van der Waals surface area contributed by atoms with E-state index in [-0.39, 0.29) is 12.3 Å². The van der Waals surface area contributed by atoms with Crippen LogP contribution in [-0.4, -0.2) is 19.5 Å². The maximum Gasteiger partial charge on any atom is 0.523 e. The maximum atomic E-state index is 12.4. The topological polar surface area (TPSA) is 43.4 Å². The van der Waals surface area contributed by atoms with Crippen LogP contribution in [0.15, 0.2) is 12.2 Å². The molecule has 2 fully saturated rings. The van der Waals surface area contributed by atoms with E-state index in [9.17, 15) is 21.6 Å². The Morgan fingerprint density at radius 1 is 1.39 bits per heavy atom. The molecule has 2 atom stereocenters. The van der Waals surface area contributed by atoms with Crippen molar-refractivity contribution in [3.05, 3.63) is 12.2 Å². The van der Waals surface area contributed by atoms with Gasteiger partial charge in [0.15, 0.2) is 0 Å². The molecule has 3 nitrogen and oxygen atoms in total. The monoisotopic (exact) mass is 284 g/mol. The van der Waals surface area contributed by atoms with E-state index < -0.39 is 26.6 Å². The third-order valence-corrected chi connectivity index (χ3v) is 5.58. The van der Waals surface area contributed by atoms with Gasteiger partial charge in [0, 0.05) is 5.41 Å². The highest BCUT2D eigenvalue weighted by Gasteiger charge is 2.66. The normalized spacial score (nSPS) is 35.2. The molecule has 0 radical (unpaired) electrons. The van der Waals surface area contributed by atoms with E-state index in [1.165, 1.54) is 0 Å². The van der Waals surface area contributed by atoms with Crippen molar-refractivity contribution in [2.24, 2.45) is 11.3 Å². The van der Waals surface area contributed by atoms with Crippen molar-refractivity contribution >= 4 is 10.1 Å². The van der Waals surface area contributed by atoms with Crippen molar-refractivity contribution in [1.29, 1.82) is 0 Å². The van der Waals surface area contributed by atoms with Crippen LogP contribution >= 0.6 is 0 Å². The molecule has 0 aromatic heterocycles. The molecule has 2 aliphatic rings. The summed E-state index contributed by atoms with van der Waals surface area (Å²) in [6, 6.07) is 0. The summed E-state index contributed by atoms with van der Waals surface area (Å²) in [6.45, 7) is 7.20. The predicted octanol–water partition coefficient (Wildman–Crippen LogP) is 2.99. The number of hydrogen-bond acceptors (Lipinski definition) is 3. The average Bonchev–Trinajstić information content (AvgIpc) is 2.48. The molecule has 0 aromatic carbocycles. The molecule has 0 aromatic rings. The molecule has 0 N–H and O–H groups in total. The summed E-state index contributed by atoms with van der Waals surface area (Å²) in [5.41, 5.74) is -6.97. The smallest absolute Gasteiger partial charge is 0.251 e. The molecule has 2 bridgehead atoms. The van der Waals surface area contributed by atoms with E-state index in [0.29, 0.717) is 18.4 Å². The van der Waals surface area contributed by atoms with Gasteiger partial charge < -0.3 is 0 Å². The molecule has 0 amide bonds. The molecule has 2 aliphatic carbocycles. The van der Waals surface area contributed by atoms with Crippen LogP contribution in [0.3, 0.4) is 0 Å². The Bertz CT molecular complexity index is 492. The van der Waals surface area contributed by atoms with Gasteiger partial charge in [-0.1, -0.05) is 20.4 Å². The van der Waals surface area contributed by atoms with E-state index in [0.717, 1.165) is 0 Å². The first-order valence-corrected chi connectivity index (χ1v) is 7.05. The Balaban J connectivity index is 2.42. The van der Waals surface area contributed by atoms with Crippen LogP contribution in [-0.2, 0) is 14.3 Å².